The molecule has 0 radical (unpaired) electrons. The first-order chi connectivity index (χ1) is 12.0. The van der Waals surface area contributed by atoms with Gasteiger partial charge in [0.15, 0.2) is 0 Å². The van der Waals surface area contributed by atoms with Crippen molar-refractivity contribution in [2.45, 2.75) is 38.6 Å². The predicted octanol–water partition coefficient (Wildman–Crippen LogP) is 0.615. The summed E-state index contributed by atoms with van der Waals surface area (Å²) in [6.45, 7) is 1.55. The SMILES string of the molecule is CN(CC(=O)N1CCC[C@@H](C(=O)O)C1)C(=O)c1cnn2c1CCCC2. The lowest BCUT2D eigenvalue weighted by molar-refractivity contribution is -0.145. The molecule has 136 valence electrons. The number of likely N-dealkylation sites (tertiary alicyclic amines) is 1. The summed E-state index contributed by atoms with van der Waals surface area (Å²) >= 11 is 0. The van der Waals surface area contributed by atoms with Crippen molar-refractivity contribution in [3.63, 3.8) is 0 Å². The van der Waals surface area contributed by atoms with Crippen LogP contribution >= 0.6 is 0 Å². The Labute approximate surface area is 146 Å². The Morgan fingerprint density at radius 2 is 2.08 bits per heavy atom. The van der Waals surface area contributed by atoms with Crippen molar-refractivity contribution in [2.24, 2.45) is 5.92 Å². The van der Waals surface area contributed by atoms with Crippen molar-refractivity contribution >= 4 is 17.8 Å². The zero-order valence-electron chi connectivity index (χ0n) is 14.5. The molecule has 1 saturated heterocycles. The van der Waals surface area contributed by atoms with E-state index in [1.54, 1.807) is 18.1 Å². The van der Waals surface area contributed by atoms with Crippen LogP contribution in [0.25, 0.3) is 0 Å². The molecular formula is C17H24N4O4. The highest BCUT2D eigenvalue weighted by molar-refractivity contribution is 5.97. The number of aryl methyl sites for hydroxylation is 1. The fraction of sp³-hybridized carbons (Fsp3) is 0.647. The van der Waals surface area contributed by atoms with Crippen LogP contribution in [0.15, 0.2) is 6.20 Å². The normalized spacial score (nSPS) is 20.0. The molecule has 0 saturated carbocycles. The first kappa shape index (κ1) is 17.4. The summed E-state index contributed by atoms with van der Waals surface area (Å²) in [5.74, 6) is -1.79. The summed E-state index contributed by atoms with van der Waals surface area (Å²) in [6.07, 6.45) is 5.80. The Kier molecular flexibility index (Phi) is 5.06. The zero-order valence-corrected chi connectivity index (χ0v) is 14.5. The molecule has 8 heteroatoms. The number of likely N-dealkylation sites (N-methyl/N-ethyl adjacent to an activating group) is 1. The third kappa shape index (κ3) is 3.67. The average Bonchev–Trinajstić information content (AvgIpc) is 3.05. The summed E-state index contributed by atoms with van der Waals surface area (Å²) in [6, 6.07) is 0. The molecule has 0 spiro atoms. The molecule has 1 aromatic rings. The molecule has 0 unspecified atom stereocenters. The monoisotopic (exact) mass is 348 g/mol. The number of piperidine rings is 1. The highest BCUT2D eigenvalue weighted by Gasteiger charge is 2.30. The molecule has 3 heterocycles. The zero-order chi connectivity index (χ0) is 18.0. The number of hydrogen-bond acceptors (Lipinski definition) is 4. The number of aliphatic carboxylic acids is 1. The maximum absolute atomic E-state index is 12.7. The van der Waals surface area contributed by atoms with Crippen molar-refractivity contribution in [1.29, 1.82) is 0 Å². The molecule has 3 rings (SSSR count). The lowest BCUT2D eigenvalue weighted by atomic mass is 9.98. The number of rotatable bonds is 4. The van der Waals surface area contributed by atoms with Gasteiger partial charge in [-0.3, -0.25) is 19.1 Å². The van der Waals surface area contributed by atoms with E-state index in [0.717, 1.165) is 31.5 Å². The van der Waals surface area contributed by atoms with E-state index in [0.29, 0.717) is 24.9 Å². The van der Waals surface area contributed by atoms with Crippen molar-refractivity contribution in [1.82, 2.24) is 19.6 Å². The van der Waals surface area contributed by atoms with Crippen LogP contribution in [0.3, 0.4) is 0 Å². The highest BCUT2D eigenvalue weighted by Crippen LogP contribution is 2.20. The third-order valence-electron chi connectivity index (χ3n) is 5.06. The second-order valence-electron chi connectivity index (χ2n) is 6.86. The van der Waals surface area contributed by atoms with E-state index in [-0.39, 0.29) is 24.9 Å². The maximum Gasteiger partial charge on any atom is 0.308 e. The average molecular weight is 348 g/mol. The fourth-order valence-corrected chi connectivity index (χ4v) is 3.59. The van der Waals surface area contributed by atoms with Gasteiger partial charge in [-0.1, -0.05) is 0 Å². The topological polar surface area (TPSA) is 95.7 Å². The van der Waals surface area contributed by atoms with E-state index in [4.69, 9.17) is 5.11 Å². The molecule has 2 aliphatic rings. The second-order valence-corrected chi connectivity index (χ2v) is 6.86. The molecule has 8 nitrogen and oxygen atoms in total. The van der Waals surface area contributed by atoms with Gasteiger partial charge in [-0.15, -0.1) is 0 Å². The molecule has 0 aliphatic carbocycles. The number of carboxylic acids is 1. The number of amides is 2. The molecule has 1 fully saturated rings. The maximum atomic E-state index is 12.7. The van der Waals surface area contributed by atoms with E-state index in [1.165, 1.54) is 4.90 Å². The predicted molar refractivity (Wildman–Crippen MR) is 89.1 cm³/mol. The minimum Gasteiger partial charge on any atom is -0.481 e. The first-order valence-electron chi connectivity index (χ1n) is 8.78. The summed E-state index contributed by atoms with van der Waals surface area (Å²) in [5.41, 5.74) is 1.51. The van der Waals surface area contributed by atoms with Gasteiger partial charge in [0.1, 0.15) is 0 Å². The van der Waals surface area contributed by atoms with Gasteiger partial charge in [-0.2, -0.15) is 5.10 Å². The van der Waals surface area contributed by atoms with Gasteiger partial charge in [-0.25, -0.2) is 0 Å². The standard InChI is InChI=1S/C17H24N4O4/c1-19(11-15(22)20-7-4-5-12(10-20)17(24)25)16(23)13-9-18-21-8-3-2-6-14(13)21/h9,12H,2-8,10-11H2,1H3,(H,24,25)/t12-/m1/s1. The van der Waals surface area contributed by atoms with Crippen LogP contribution in [-0.2, 0) is 22.6 Å². The molecule has 2 aliphatic heterocycles. The Balaban J connectivity index is 1.62. The van der Waals surface area contributed by atoms with Crippen LogP contribution in [0, 0.1) is 5.92 Å². The number of carbonyl (C=O) groups excluding carboxylic acids is 2. The van der Waals surface area contributed by atoms with Gasteiger partial charge in [0, 0.05) is 26.7 Å². The van der Waals surface area contributed by atoms with Crippen molar-refractivity contribution in [3.05, 3.63) is 17.5 Å². The van der Waals surface area contributed by atoms with Crippen LogP contribution in [0.1, 0.15) is 41.7 Å². The third-order valence-corrected chi connectivity index (χ3v) is 5.06. The minimum atomic E-state index is -0.867. The van der Waals surface area contributed by atoms with E-state index in [2.05, 4.69) is 5.10 Å². The van der Waals surface area contributed by atoms with Crippen LogP contribution < -0.4 is 0 Å². The number of fused-ring (bicyclic) bond motifs is 1. The molecular weight excluding hydrogens is 324 g/mol. The summed E-state index contributed by atoms with van der Waals surface area (Å²) in [7, 11) is 1.60. The van der Waals surface area contributed by atoms with Crippen LogP contribution in [0.5, 0.6) is 0 Å². The van der Waals surface area contributed by atoms with Gasteiger partial charge in [0.05, 0.1) is 29.9 Å². The second kappa shape index (κ2) is 7.25. The van der Waals surface area contributed by atoms with E-state index < -0.39 is 11.9 Å². The van der Waals surface area contributed by atoms with Gasteiger partial charge in [0.25, 0.3) is 5.91 Å². The summed E-state index contributed by atoms with van der Waals surface area (Å²) in [5, 5.41) is 13.4. The van der Waals surface area contributed by atoms with Crippen molar-refractivity contribution < 1.29 is 19.5 Å². The molecule has 1 aromatic heterocycles. The lowest BCUT2D eigenvalue weighted by Crippen LogP contribution is -2.47. The summed E-state index contributed by atoms with van der Waals surface area (Å²) in [4.78, 5) is 39.2. The Morgan fingerprint density at radius 1 is 1.28 bits per heavy atom. The molecule has 0 bridgehead atoms. The Hall–Kier alpha value is -2.38. The molecule has 2 amide bonds. The van der Waals surface area contributed by atoms with Crippen LogP contribution in [0.4, 0.5) is 0 Å². The minimum absolute atomic E-state index is 0.0458. The number of aromatic nitrogens is 2. The molecule has 1 atom stereocenters. The van der Waals surface area contributed by atoms with Gasteiger partial charge in [-0.05, 0) is 32.1 Å². The van der Waals surface area contributed by atoms with Crippen molar-refractivity contribution in [2.75, 3.05) is 26.7 Å². The smallest absolute Gasteiger partial charge is 0.308 e. The van der Waals surface area contributed by atoms with Crippen LogP contribution in [-0.4, -0.2) is 69.2 Å². The number of carboxylic acid groups (broad SMARTS) is 1. The van der Waals surface area contributed by atoms with Crippen LogP contribution in [0.2, 0.25) is 0 Å². The Bertz CT molecular complexity index is 684. The number of nitrogens with zero attached hydrogens (tertiary/aromatic N) is 4. The van der Waals surface area contributed by atoms with E-state index >= 15 is 0 Å². The fourth-order valence-electron chi connectivity index (χ4n) is 3.59. The summed E-state index contributed by atoms with van der Waals surface area (Å²) < 4.78 is 1.87. The molecule has 1 N–H and O–H groups in total. The quantitative estimate of drug-likeness (QED) is 0.860. The lowest BCUT2D eigenvalue weighted by Gasteiger charge is -2.32. The number of hydrogen-bond donors (Lipinski definition) is 1. The van der Waals surface area contributed by atoms with Gasteiger partial charge < -0.3 is 14.9 Å². The van der Waals surface area contributed by atoms with E-state index in [9.17, 15) is 14.4 Å². The molecule has 25 heavy (non-hydrogen) atoms. The van der Waals surface area contributed by atoms with E-state index in [1.807, 2.05) is 4.68 Å². The molecule has 0 aromatic carbocycles. The first-order valence-corrected chi connectivity index (χ1v) is 8.78. The number of carbonyl (C=O) groups is 3. The highest BCUT2D eigenvalue weighted by atomic mass is 16.4. The van der Waals surface area contributed by atoms with Gasteiger partial charge >= 0.3 is 5.97 Å². The Morgan fingerprint density at radius 3 is 2.84 bits per heavy atom. The largest absolute Gasteiger partial charge is 0.481 e. The van der Waals surface area contributed by atoms with Crippen molar-refractivity contribution in [3.8, 4) is 0 Å². The van der Waals surface area contributed by atoms with Gasteiger partial charge in [0.2, 0.25) is 5.91 Å².